The van der Waals surface area contributed by atoms with Gasteiger partial charge in [0.25, 0.3) is 11.8 Å². The largest absolute Gasteiger partial charge is 0.573 e. The van der Waals surface area contributed by atoms with Crippen molar-refractivity contribution < 1.29 is 31.9 Å². The number of likely N-dealkylation sites (tertiary alicyclic amines) is 1. The van der Waals surface area contributed by atoms with Crippen LogP contribution in [0.3, 0.4) is 0 Å². The van der Waals surface area contributed by atoms with Gasteiger partial charge in [-0.25, -0.2) is 4.39 Å². The van der Waals surface area contributed by atoms with Gasteiger partial charge in [-0.2, -0.15) is 4.99 Å². The van der Waals surface area contributed by atoms with E-state index in [0.29, 0.717) is 48.2 Å². The second kappa shape index (κ2) is 10.4. The van der Waals surface area contributed by atoms with Crippen LogP contribution in [0.1, 0.15) is 39.9 Å². The number of halogens is 5. The first kappa shape index (κ1) is 25.9. The van der Waals surface area contributed by atoms with Gasteiger partial charge < -0.3 is 15.4 Å². The lowest BCUT2D eigenvalue weighted by Gasteiger charge is -2.27. The number of fused-ring (bicyclic) bond motifs is 1. The molecule has 0 spiro atoms. The van der Waals surface area contributed by atoms with Crippen LogP contribution < -0.4 is 10.5 Å². The monoisotopic (exact) mass is 526 g/mol. The van der Waals surface area contributed by atoms with Crippen LogP contribution in [0.5, 0.6) is 5.75 Å². The highest BCUT2D eigenvalue weighted by Crippen LogP contribution is 2.32. The van der Waals surface area contributed by atoms with Gasteiger partial charge in [-0.05, 0) is 48.2 Å². The Morgan fingerprint density at radius 1 is 1.17 bits per heavy atom. The molecule has 192 valence electrons. The maximum Gasteiger partial charge on any atom is 0.573 e. The molecule has 2 N–H and O–H groups in total. The van der Waals surface area contributed by atoms with E-state index in [9.17, 15) is 27.2 Å². The second-order valence-corrected chi connectivity index (χ2v) is 9.09. The quantitative estimate of drug-likeness (QED) is 0.348. The highest BCUT2D eigenvalue weighted by Gasteiger charge is 2.32. The average Bonchev–Trinajstić information content (AvgIpc) is 3.11. The van der Waals surface area contributed by atoms with Crippen molar-refractivity contribution in [1.29, 1.82) is 0 Å². The zero-order valence-electron chi connectivity index (χ0n) is 19.0. The van der Waals surface area contributed by atoms with Crippen molar-refractivity contribution in [3.8, 4) is 5.75 Å². The van der Waals surface area contributed by atoms with E-state index in [1.165, 1.54) is 35.2 Å². The Bertz CT molecular complexity index is 1180. The summed E-state index contributed by atoms with van der Waals surface area (Å²) in [5.41, 5.74) is 7.92. The van der Waals surface area contributed by atoms with Crippen LogP contribution in [0.15, 0.2) is 41.4 Å². The van der Waals surface area contributed by atoms with E-state index in [1.807, 2.05) is 4.90 Å². The standard InChI is InChI=1S/C24H23ClF4N4O3/c25-19-10-15(22(30)31-20(34)13-32-7-5-17(26)6-8-32)9-16-12-33(23(35)21(16)19)11-14-1-3-18(4-2-14)36-24(27,28)29/h1-4,9-10,17H,5-8,11-13H2,(H2,30,31,34). The number of benzene rings is 2. The fourth-order valence-corrected chi connectivity index (χ4v) is 4.56. The molecule has 36 heavy (non-hydrogen) atoms. The van der Waals surface area contributed by atoms with Crippen molar-refractivity contribution >= 4 is 29.3 Å². The number of nitrogens with two attached hydrogens (primary N) is 1. The molecule has 2 aromatic carbocycles. The van der Waals surface area contributed by atoms with E-state index < -0.39 is 18.4 Å². The molecule has 1 fully saturated rings. The van der Waals surface area contributed by atoms with Gasteiger partial charge in [0.15, 0.2) is 0 Å². The van der Waals surface area contributed by atoms with Crippen LogP contribution in [0.25, 0.3) is 0 Å². The molecule has 2 amide bonds. The molecule has 2 aliphatic heterocycles. The van der Waals surface area contributed by atoms with Crippen molar-refractivity contribution in [3.63, 3.8) is 0 Å². The van der Waals surface area contributed by atoms with Gasteiger partial charge in [0.2, 0.25) is 0 Å². The minimum Gasteiger partial charge on any atom is -0.406 e. The molecule has 0 aromatic heterocycles. The van der Waals surface area contributed by atoms with Gasteiger partial charge in [-0.15, -0.1) is 13.2 Å². The molecule has 0 unspecified atom stereocenters. The fourth-order valence-electron chi connectivity index (χ4n) is 4.24. The molecule has 2 heterocycles. The summed E-state index contributed by atoms with van der Waals surface area (Å²) < 4.78 is 54.2. The molecule has 0 bridgehead atoms. The number of rotatable bonds is 6. The summed E-state index contributed by atoms with van der Waals surface area (Å²) in [6.45, 7) is 1.32. The molecule has 0 atom stereocenters. The minimum absolute atomic E-state index is 0.0329. The predicted octanol–water partition coefficient (Wildman–Crippen LogP) is 4.06. The van der Waals surface area contributed by atoms with Crippen LogP contribution in [0.2, 0.25) is 5.02 Å². The molecular weight excluding hydrogens is 504 g/mol. The zero-order chi connectivity index (χ0) is 26.0. The Balaban J connectivity index is 1.43. The lowest BCUT2D eigenvalue weighted by Crippen LogP contribution is -2.38. The summed E-state index contributed by atoms with van der Waals surface area (Å²) in [7, 11) is 0. The highest BCUT2D eigenvalue weighted by molar-refractivity contribution is 6.34. The molecule has 2 aliphatic rings. The smallest absolute Gasteiger partial charge is 0.406 e. The number of aliphatic imine (C=N–C) groups is 1. The predicted molar refractivity (Wildman–Crippen MR) is 124 cm³/mol. The summed E-state index contributed by atoms with van der Waals surface area (Å²) in [5.74, 6) is -1.19. The lowest BCUT2D eigenvalue weighted by molar-refractivity contribution is -0.274. The lowest BCUT2D eigenvalue weighted by atomic mass is 10.1. The Hall–Kier alpha value is -3.18. The van der Waals surface area contributed by atoms with E-state index in [-0.39, 0.29) is 42.1 Å². The summed E-state index contributed by atoms with van der Waals surface area (Å²) in [5, 5.41) is 0.152. The van der Waals surface area contributed by atoms with Crippen LogP contribution in [0, 0.1) is 0 Å². The van der Waals surface area contributed by atoms with Crippen LogP contribution in [0.4, 0.5) is 17.6 Å². The summed E-state index contributed by atoms with van der Waals surface area (Å²) >= 11 is 6.36. The Morgan fingerprint density at radius 2 is 1.83 bits per heavy atom. The molecule has 0 aliphatic carbocycles. The topological polar surface area (TPSA) is 88.2 Å². The van der Waals surface area contributed by atoms with E-state index in [2.05, 4.69) is 9.73 Å². The van der Waals surface area contributed by atoms with E-state index in [4.69, 9.17) is 17.3 Å². The zero-order valence-corrected chi connectivity index (χ0v) is 19.8. The third-order valence-corrected chi connectivity index (χ3v) is 6.28. The molecule has 4 rings (SSSR count). The van der Waals surface area contributed by atoms with Crippen molar-refractivity contribution in [1.82, 2.24) is 9.80 Å². The number of carbonyl (C=O) groups is 2. The number of ether oxygens (including phenoxy) is 1. The Kier molecular flexibility index (Phi) is 7.51. The van der Waals surface area contributed by atoms with Gasteiger partial charge in [0.1, 0.15) is 17.8 Å². The molecule has 12 heteroatoms. The maximum atomic E-state index is 13.3. The SMILES string of the molecule is NC(=NC(=O)CN1CCC(F)CC1)c1cc(Cl)c2c(c1)CN(Cc1ccc(OC(F)(F)F)cc1)C2=O. The van der Waals surface area contributed by atoms with Gasteiger partial charge in [-0.3, -0.25) is 14.5 Å². The second-order valence-electron chi connectivity index (χ2n) is 8.69. The summed E-state index contributed by atoms with van der Waals surface area (Å²) in [4.78, 5) is 32.5. The molecule has 0 saturated carbocycles. The van der Waals surface area contributed by atoms with Gasteiger partial charge >= 0.3 is 6.36 Å². The van der Waals surface area contributed by atoms with E-state index >= 15 is 0 Å². The summed E-state index contributed by atoms with van der Waals surface area (Å²) in [6, 6.07) is 8.34. The van der Waals surface area contributed by atoms with Gasteiger partial charge in [0, 0.05) is 31.7 Å². The number of amides is 2. The van der Waals surface area contributed by atoms with Crippen LogP contribution in [-0.4, -0.2) is 59.6 Å². The number of carbonyl (C=O) groups excluding carboxylic acids is 2. The normalized spacial score (nSPS) is 17.4. The maximum absolute atomic E-state index is 13.3. The fraction of sp³-hybridized carbons (Fsp3) is 0.375. The van der Waals surface area contributed by atoms with Crippen molar-refractivity contribution in [2.24, 2.45) is 10.7 Å². The summed E-state index contributed by atoms with van der Waals surface area (Å²) in [6.07, 6.45) is -4.88. The first-order valence-electron chi connectivity index (χ1n) is 11.2. The van der Waals surface area contributed by atoms with E-state index in [1.54, 1.807) is 6.07 Å². The van der Waals surface area contributed by atoms with Crippen LogP contribution >= 0.6 is 11.6 Å². The average molecular weight is 527 g/mol. The van der Waals surface area contributed by atoms with Crippen LogP contribution in [-0.2, 0) is 17.9 Å². The molecule has 2 aromatic rings. The number of piperidine rings is 1. The number of nitrogens with zero attached hydrogens (tertiary/aromatic N) is 3. The third-order valence-electron chi connectivity index (χ3n) is 5.98. The Labute approximate surface area is 209 Å². The third kappa shape index (κ3) is 6.33. The van der Waals surface area contributed by atoms with Crippen molar-refractivity contribution in [2.75, 3.05) is 19.6 Å². The highest BCUT2D eigenvalue weighted by atomic mass is 35.5. The number of amidine groups is 1. The van der Waals surface area contributed by atoms with Gasteiger partial charge in [0.05, 0.1) is 17.1 Å². The first-order valence-corrected chi connectivity index (χ1v) is 11.6. The molecule has 1 saturated heterocycles. The molecule has 7 nitrogen and oxygen atoms in total. The number of hydrogen-bond acceptors (Lipinski definition) is 4. The molecular formula is C24H23ClF4N4O3. The van der Waals surface area contributed by atoms with Crippen molar-refractivity contribution in [3.05, 3.63) is 63.7 Å². The number of hydrogen-bond donors (Lipinski definition) is 1. The van der Waals surface area contributed by atoms with E-state index in [0.717, 1.165) is 0 Å². The van der Waals surface area contributed by atoms with Gasteiger partial charge in [-0.1, -0.05) is 23.7 Å². The number of alkyl halides is 4. The molecule has 0 radical (unpaired) electrons. The Morgan fingerprint density at radius 3 is 2.47 bits per heavy atom. The van der Waals surface area contributed by atoms with Crippen molar-refractivity contribution in [2.45, 2.75) is 38.5 Å². The first-order chi connectivity index (χ1) is 17.0. The minimum atomic E-state index is -4.79.